The number of para-hydroxylation sites is 1. The third-order valence-electron chi connectivity index (χ3n) is 3.54. The summed E-state index contributed by atoms with van der Waals surface area (Å²) in [6.45, 7) is -0.183. The van der Waals surface area contributed by atoms with E-state index in [4.69, 9.17) is 14.2 Å². The number of rotatable bonds is 5. The molecule has 0 fully saturated rings. The molecule has 132 valence electrons. The van der Waals surface area contributed by atoms with Gasteiger partial charge in [-0.2, -0.15) is 0 Å². The topological polar surface area (TPSA) is 103 Å². The summed E-state index contributed by atoms with van der Waals surface area (Å²) in [5.74, 6) is 0.576. The van der Waals surface area contributed by atoms with E-state index < -0.39 is 10.0 Å². The lowest BCUT2D eigenvalue weighted by atomic mass is 10.2. The maximum atomic E-state index is 12.8. The summed E-state index contributed by atoms with van der Waals surface area (Å²) in [7, 11) is -1.10. The Bertz CT molecular complexity index is 926. The second-order valence-corrected chi connectivity index (χ2v) is 6.79. The highest BCUT2D eigenvalue weighted by Gasteiger charge is 2.25. The van der Waals surface area contributed by atoms with E-state index >= 15 is 0 Å². The summed E-state index contributed by atoms with van der Waals surface area (Å²) in [6, 6.07) is 9.16. The largest absolute Gasteiger partial charge is 0.497 e. The zero-order chi connectivity index (χ0) is 18.0. The molecule has 0 saturated carbocycles. The third kappa shape index (κ3) is 3.31. The van der Waals surface area contributed by atoms with Crippen molar-refractivity contribution in [3.8, 4) is 17.2 Å². The second-order valence-electron chi connectivity index (χ2n) is 5.14. The number of amides is 1. The van der Waals surface area contributed by atoms with Crippen LogP contribution in [0.4, 0.5) is 11.4 Å². The van der Waals surface area contributed by atoms with Crippen LogP contribution >= 0.6 is 0 Å². The van der Waals surface area contributed by atoms with Crippen molar-refractivity contribution in [1.29, 1.82) is 0 Å². The maximum Gasteiger partial charge on any atom is 0.265 e. The Morgan fingerprint density at radius 2 is 1.96 bits per heavy atom. The van der Waals surface area contributed by atoms with Crippen molar-refractivity contribution in [2.75, 3.05) is 30.9 Å². The van der Waals surface area contributed by atoms with Gasteiger partial charge in [0.1, 0.15) is 16.4 Å². The van der Waals surface area contributed by atoms with Crippen molar-refractivity contribution in [3.05, 3.63) is 36.4 Å². The Morgan fingerprint density at radius 1 is 1.16 bits per heavy atom. The standard InChI is InChI=1S/C16H16N2O6S/c1-22-10-6-7-14(13(8-10)23-2)25(20,21)18-12-5-3-4-11-16(12)24-9-15(19)17-11/h3-8,18H,9H2,1-2H3,(H,17,19). The second kappa shape index (κ2) is 6.52. The molecule has 8 nitrogen and oxygen atoms in total. The molecule has 1 aliphatic rings. The van der Waals surface area contributed by atoms with Gasteiger partial charge in [-0.3, -0.25) is 9.52 Å². The normalized spacial score (nSPS) is 13.3. The third-order valence-corrected chi connectivity index (χ3v) is 4.95. The first-order valence-electron chi connectivity index (χ1n) is 7.25. The monoisotopic (exact) mass is 364 g/mol. The first-order valence-corrected chi connectivity index (χ1v) is 8.73. The SMILES string of the molecule is COc1ccc(S(=O)(=O)Nc2cccc3c2OCC(=O)N3)c(OC)c1. The molecular weight excluding hydrogens is 348 g/mol. The highest BCUT2D eigenvalue weighted by molar-refractivity contribution is 7.92. The summed E-state index contributed by atoms with van der Waals surface area (Å²) < 4.78 is 43.6. The fourth-order valence-corrected chi connectivity index (χ4v) is 3.61. The fraction of sp³-hybridized carbons (Fsp3) is 0.188. The molecule has 3 rings (SSSR count). The van der Waals surface area contributed by atoms with E-state index in [0.29, 0.717) is 11.4 Å². The van der Waals surface area contributed by atoms with Gasteiger partial charge in [0.25, 0.3) is 15.9 Å². The highest BCUT2D eigenvalue weighted by Crippen LogP contribution is 2.37. The number of methoxy groups -OCH3 is 2. The first kappa shape index (κ1) is 16.9. The van der Waals surface area contributed by atoms with Gasteiger partial charge in [-0.1, -0.05) is 6.07 Å². The number of nitrogens with one attached hydrogen (secondary N) is 2. The van der Waals surface area contributed by atoms with Crippen LogP contribution in [0.1, 0.15) is 0 Å². The van der Waals surface area contributed by atoms with Crippen LogP contribution in [0.15, 0.2) is 41.3 Å². The van der Waals surface area contributed by atoms with Crippen molar-refractivity contribution >= 4 is 27.3 Å². The highest BCUT2D eigenvalue weighted by atomic mass is 32.2. The van der Waals surface area contributed by atoms with Crippen molar-refractivity contribution in [3.63, 3.8) is 0 Å². The van der Waals surface area contributed by atoms with E-state index in [-0.39, 0.29) is 34.6 Å². The maximum absolute atomic E-state index is 12.8. The van der Waals surface area contributed by atoms with Crippen molar-refractivity contribution in [2.45, 2.75) is 4.90 Å². The van der Waals surface area contributed by atoms with Gasteiger partial charge in [-0.25, -0.2) is 8.42 Å². The van der Waals surface area contributed by atoms with Gasteiger partial charge >= 0.3 is 0 Å². The molecule has 25 heavy (non-hydrogen) atoms. The Balaban J connectivity index is 1.98. The lowest BCUT2D eigenvalue weighted by Gasteiger charge is -2.21. The lowest BCUT2D eigenvalue weighted by Crippen LogP contribution is -2.26. The van der Waals surface area contributed by atoms with Crippen molar-refractivity contribution in [1.82, 2.24) is 0 Å². The Kier molecular flexibility index (Phi) is 4.41. The molecule has 1 heterocycles. The zero-order valence-electron chi connectivity index (χ0n) is 13.5. The van der Waals surface area contributed by atoms with E-state index in [1.54, 1.807) is 18.2 Å². The van der Waals surface area contributed by atoms with Gasteiger partial charge in [0.15, 0.2) is 12.4 Å². The summed E-state index contributed by atoms with van der Waals surface area (Å²) in [6.07, 6.45) is 0. The van der Waals surface area contributed by atoms with Gasteiger partial charge < -0.3 is 19.5 Å². The van der Waals surface area contributed by atoms with Gasteiger partial charge in [0, 0.05) is 6.07 Å². The van der Waals surface area contributed by atoms with Crippen LogP contribution in [-0.4, -0.2) is 35.2 Å². The Hall–Kier alpha value is -2.94. The molecule has 2 aromatic carbocycles. The number of carbonyl (C=O) groups excluding carboxylic acids is 1. The molecule has 2 aromatic rings. The number of sulfonamides is 1. The van der Waals surface area contributed by atoms with Gasteiger partial charge in [0.2, 0.25) is 0 Å². The fourth-order valence-electron chi connectivity index (χ4n) is 2.39. The molecule has 1 amide bonds. The Labute approximate surface area is 144 Å². The van der Waals surface area contributed by atoms with Gasteiger partial charge in [0.05, 0.1) is 25.6 Å². The Morgan fingerprint density at radius 3 is 2.68 bits per heavy atom. The zero-order valence-corrected chi connectivity index (χ0v) is 14.3. The van der Waals surface area contributed by atoms with Crippen molar-refractivity contribution < 1.29 is 27.4 Å². The lowest BCUT2D eigenvalue weighted by molar-refractivity contribution is -0.118. The smallest absolute Gasteiger partial charge is 0.265 e. The van der Waals surface area contributed by atoms with Crippen LogP contribution < -0.4 is 24.2 Å². The minimum Gasteiger partial charge on any atom is -0.497 e. The summed E-state index contributed by atoms with van der Waals surface area (Å²) in [5, 5.41) is 2.62. The van der Waals surface area contributed by atoms with Gasteiger partial charge in [-0.05, 0) is 24.3 Å². The summed E-state index contributed by atoms with van der Waals surface area (Å²) in [4.78, 5) is 11.3. The molecule has 0 saturated heterocycles. The number of hydrogen-bond acceptors (Lipinski definition) is 6. The van der Waals surface area contributed by atoms with Crippen LogP contribution in [0.25, 0.3) is 0 Å². The molecule has 0 unspecified atom stereocenters. The number of fused-ring (bicyclic) bond motifs is 1. The van der Waals surface area contributed by atoms with E-state index in [1.165, 1.54) is 32.4 Å². The predicted molar refractivity (Wildman–Crippen MR) is 90.9 cm³/mol. The van der Waals surface area contributed by atoms with Crippen LogP contribution in [-0.2, 0) is 14.8 Å². The van der Waals surface area contributed by atoms with E-state index in [9.17, 15) is 13.2 Å². The number of carbonyl (C=O) groups is 1. The number of hydrogen-bond donors (Lipinski definition) is 2. The molecule has 0 aromatic heterocycles. The van der Waals surface area contributed by atoms with Crippen LogP contribution in [0.3, 0.4) is 0 Å². The van der Waals surface area contributed by atoms with Gasteiger partial charge in [-0.15, -0.1) is 0 Å². The molecule has 0 spiro atoms. The number of anilines is 2. The molecule has 2 N–H and O–H groups in total. The summed E-state index contributed by atoms with van der Waals surface area (Å²) in [5.41, 5.74) is 0.619. The first-order chi connectivity index (χ1) is 11.9. The molecule has 1 aliphatic heterocycles. The molecular formula is C16H16N2O6S. The predicted octanol–water partition coefficient (Wildman–Crippen LogP) is 1.84. The van der Waals surface area contributed by atoms with Crippen molar-refractivity contribution in [2.24, 2.45) is 0 Å². The molecule has 0 bridgehead atoms. The van der Waals surface area contributed by atoms with Crippen LogP contribution in [0.5, 0.6) is 17.2 Å². The molecule has 0 aliphatic carbocycles. The minimum atomic E-state index is -3.95. The minimum absolute atomic E-state index is 0.0479. The quantitative estimate of drug-likeness (QED) is 0.839. The molecule has 9 heteroatoms. The molecule has 0 radical (unpaired) electrons. The van der Waals surface area contributed by atoms with Crippen LogP contribution in [0, 0.1) is 0 Å². The summed E-state index contributed by atoms with van der Waals surface area (Å²) >= 11 is 0. The van der Waals surface area contributed by atoms with Crippen LogP contribution in [0.2, 0.25) is 0 Å². The molecule has 0 atom stereocenters. The average molecular weight is 364 g/mol. The van der Waals surface area contributed by atoms with E-state index in [0.717, 1.165) is 0 Å². The van der Waals surface area contributed by atoms with E-state index in [1.807, 2.05) is 0 Å². The number of benzene rings is 2. The van der Waals surface area contributed by atoms with E-state index in [2.05, 4.69) is 10.0 Å². The number of ether oxygens (including phenoxy) is 3. The average Bonchev–Trinajstić information content (AvgIpc) is 2.60.